The predicted octanol–water partition coefficient (Wildman–Crippen LogP) is 5.03. The zero-order valence-electron chi connectivity index (χ0n) is 17.3. The van der Waals surface area contributed by atoms with Crippen LogP contribution in [0.15, 0.2) is 41.2 Å². The van der Waals surface area contributed by atoms with Gasteiger partial charge in [0.2, 0.25) is 5.56 Å². The number of anilines is 1. The largest absolute Gasteiger partial charge is 0.505 e. The molecule has 1 aromatic heterocycles. The second kappa shape index (κ2) is 7.51. The average Bonchev–Trinajstić information content (AvgIpc) is 2.72. The summed E-state index contributed by atoms with van der Waals surface area (Å²) in [6, 6.07) is 6.92. The van der Waals surface area contributed by atoms with Crippen molar-refractivity contribution < 1.29 is 27.8 Å². The van der Waals surface area contributed by atoms with E-state index in [0.717, 1.165) is 0 Å². The molecule has 0 radical (unpaired) electrons. The lowest BCUT2D eigenvalue weighted by Crippen LogP contribution is -2.55. The van der Waals surface area contributed by atoms with E-state index in [9.17, 15) is 32.6 Å². The zero-order valence-corrected chi connectivity index (χ0v) is 17.3. The minimum absolute atomic E-state index is 0.0132. The fourth-order valence-electron chi connectivity index (χ4n) is 4.63. The monoisotopic (exact) mass is 450 g/mol. The highest BCUT2D eigenvalue weighted by molar-refractivity contribution is 5.91. The number of rotatable bonds is 3. The first-order valence-corrected chi connectivity index (χ1v) is 10.2. The highest BCUT2D eigenvalue weighted by Gasteiger charge is 2.62. The molecule has 0 spiro atoms. The molecule has 0 amide bonds. The van der Waals surface area contributed by atoms with Gasteiger partial charge in [0.1, 0.15) is 0 Å². The lowest BCUT2D eigenvalue weighted by molar-refractivity contribution is -0.272. The molecule has 0 saturated carbocycles. The van der Waals surface area contributed by atoms with E-state index in [1.807, 2.05) is 0 Å². The van der Waals surface area contributed by atoms with Crippen LogP contribution in [0.1, 0.15) is 48.4 Å². The number of phenolic OH excluding ortho intramolecular Hbond substituents is 1. The van der Waals surface area contributed by atoms with Gasteiger partial charge in [0, 0.05) is 22.7 Å². The van der Waals surface area contributed by atoms with Crippen LogP contribution >= 0.6 is 0 Å². The Morgan fingerprint density at radius 3 is 2.62 bits per heavy atom. The van der Waals surface area contributed by atoms with E-state index >= 15 is 0 Å². The van der Waals surface area contributed by atoms with Crippen molar-refractivity contribution in [1.29, 1.82) is 0 Å². The molecule has 170 valence electrons. The average molecular weight is 450 g/mol. The number of alkyl halides is 3. The van der Waals surface area contributed by atoms with E-state index in [-0.39, 0.29) is 34.4 Å². The molecule has 1 aliphatic carbocycles. The molecule has 3 aromatic rings. The first-order chi connectivity index (χ1) is 15.0. The molecule has 1 heterocycles. The molecular weight excluding hydrogens is 428 g/mol. The molecule has 2 aromatic carbocycles. The van der Waals surface area contributed by atoms with Crippen LogP contribution < -0.4 is 10.9 Å². The Hall–Kier alpha value is -3.07. The van der Waals surface area contributed by atoms with Gasteiger partial charge >= 0.3 is 6.18 Å². The summed E-state index contributed by atoms with van der Waals surface area (Å²) in [5, 5.41) is 24.7. The molecule has 3 atom stereocenters. The van der Waals surface area contributed by atoms with Gasteiger partial charge in [-0.05, 0) is 55.0 Å². The van der Waals surface area contributed by atoms with Crippen molar-refractivity contribution in [3.05, 3.63) is 69.3 Å². The Bertz CT molecular complexity index is 1250. The Balaban J connectivity index is 1.97. The standard InChI is InChI=1S/C23H22F4N2O3/c1-3-12-10-22(32,23(25,26)27)21(14-9-11(2)19(24)20(31)18(12)14)29-16-6-4-5-15-13(16)7-8-17(30)28-15/h4-9,12,21,29,31-32H,3,10H2,1-2H3,(H,28,30)/t12?,21-,22+/m0/s1. The predicted molar refractivity (Wildman–Crippen MR) is 112 cm³/mol. The summed E-state index contributed by atoms with van der Waals surface area (Å²) in [6.07, 6.45) is -5.58. The van der Waals surface area contributed by atoms with Crippen LogP contribution in [0, 0.1) is 12.7 Å². The number of nitrogens with one attached hydrogen (secondary N) is 2. The number of halogens is 4. The molecule has 4 rings (SSSR count). The number of H-pyrrole nitrogens is 1. The zero-order chi connectivity index (χ0) is 23.4. The number of hydrogen-bond donors (Lipinski definition) is 4. The van der Waals surface area contributed by atoms with Crippen molar-refractivity contribution in [1.82, 2.24) is 4.98 Å². The Labute approximate surface area is 180 Å². The number of aromatic hydroxyl groups is 1. The molecule has 0 bridgehead atoms. The third kappa shape index (κ3) is 3.31. The van der Waals surface area contributed by atoms with Crippen molar-refractivity contribution in [2.24, 2.45) is 0 Å². The minimum Gasteiger partial charge on any atom is -0.505 e. The summed E-state index contributed by atoms with van der Waals surface area (Å²) in [4.78, 5) is 14.2. The van der Waals surface area contributed by atoms with Crippen molar-refractivity contribution in [3.63, 3.8) is 0 Å². The smallest absolute Gasteiger partial charge is 0.419 e. The maximum absolute atomic E-state index is 14.5. The molecule has 0 saturated heterocycles. The van der Waals surface area contributed by atoms with Gasteiger partial charge in [-0.3, -0.25) is 4.79 Å². The van der Waals surface area contributed by atoms with Crippen LogP contribution in [-0.2, 0) is 0 Å². The van der Waals surface area contributed by atoms with Crippen molar-refractivity contribution in [2.45, 2.75) is 50.4 Å². The van der Waals surface area contributed by atoms with E-state index in [4.69, 9.17) is 0 Å². The summed E-state index contributed by atoms with van der Waals surface area (Å²) in [5.41, 5.74) is -2.88. The summed E-state index contributed by atoms with van der Waals surface area (Å²) in [5.74, 6) is -2.47. The van der Waals surface area contributed by atoms with Gasteiger partial charge in [0.05, 0.1) is 11.6 Å². The maximum atomic E-state index is 14.5. The fourth-order valence-corrected chi connectivity index (χ4v) is 4.63. The molecule has 0 fully saturated rings. The first kappa shape index (κ1) is 22.1. The summed E-state index contributed by atoms with van der Waals surface area (Å²) >= 11 is 0. The van der Waals surface area contributed by atoms with Crippen LogP contribution in [0.5, 0.6) is 5.75 Å². The van der Waals surface area contributed by atoms with Gasteiger partial charge < -0.3 is 20.5 Å². The quantitative estimate of drug-likeness (QED) is 0.422. The fraction of sp³-hybridized carbons (Fsp3) is 0.348. The first-order valence-electron chi connectivity index (χ1n) is 10.2. The molecule has 32 heavy (non-hydrogen) atoms. The molecule has 5 nitrogen and oxygen atoms in total. The second-order valence-corrected chi connectivity index (χ2v) is 8.26. The normalized spacial score (nSPS) is 23.2. The van der Waals surface area contributed by atoms with Gasteiger partial charge in [-0.1, -0.05) is 19.1 Å². The van der Waals surface area contributed by atoms with Crippen LogP contribution in [0.25, 0.3) is 10.9 Å². The van der Waals surface area contributed by atoms with Gasteiger partial charge in [0.15, 0.2) is 17.2 Å². The number of hydrogen-bond acceptors (Lipinski definition) is 4. The van der Waals surface area contributed by atoms with Gasteiger partial charge in [-0.2, -0.15) is 13.2 Å². The van der Waals surface area contributed by atoms with Crippen LogP contribution in [0.4, 0.5) is 23.2 Å². The molecule has 4 N–H and O–H groups in total. The molecule has 0 aliphatic heterocycles. The number of phenols is 1. The highest BCUT2D eigenvalue weighted by atomic mass is 19.4. The van der Waals surface area contributed by atoms with Crippen molar-refractivity contribution in [2.75, 3.05) is 5.32 Å². The number of aromatic amines is 1. The van der Waals surface area contributed by atoms with E-state index in [1.165, 1.54) is 31.2 Å². The Morgan fingerprint density at radius 2 is 1.97 bits per heavy atom. The summed E-state index contributed by atoms with van der Waals surface area (Å²) in [6.45, 7) is 2.97. The molecule has 9 heteroatoms. The van der Waals surface area contributed by atoms with E-state index < -0.39 is 41.7 Å². The van der Waals surface area contributed by atoms with E-state index in [1.54, 1.807) is 19.1 Å². The third-order valence-corrected chi connectivity index (χ3v) is 6.30. The SMILES string of the molecule is CCC1C[C@](O)(C(F)(F)F)[C@@H](Nc2cccc3[nH]c(=O)ccc23)c2cc(C)c(F)c(O)c21. The highest BCUT2D eigenvalue weighted by Crippen LogP contribution is 2.55. The van der Waals surface area contributed by atoms with Gasteiger partial charge in [-0.25, -0.2) is 4.39 Å². The van der Waals surface area contributed by atoms with E-state index in [2.05, 4.69) is 10.3 Å². The van der Waals surface area contributed by atoms with Crippen molar-refractivity contribution >= 4 is 16.6 Å². The Kier molecular flexibility index (Phi) is 5.20. The van der Waals surface area contributed by atoms with E-state index in [0.29, 0.717) is 10.9 Å². The number of fused-ring (bicyclic) bond motifs is 2. The summed E-state index contributed by atoms with van der Waals surface area (Å²) in [7, 11) is 0. The lowest BCUT2D eigenvalue weighted by Gasteiger charge is -2.46. The van der Waals surface area contributed by atoms with Crippen molar-refractivity contribution in [3.8, 4) is 5.75 Å². The summed E-state index contributed by atoms with van der Waals surface area (Å²) < 4.78 is 57.2. The van der Waals surface area contributed by atoms with Crippen LogP contribution in [-0.4, -0.2) is 27.0 Å². The molecular formula is C23H22F4N2O3. The van der Waals surface area contributed by atoms with Crippen LogP contribution in [0.2, 0.25) is 0 Å². The van der Waals surface area contributed by atoms with Gasteiger partial charge in [-0.15, -0.1) is 0 Å². The Morgan fingerprint density at radius 1 is 1.25 bits per heavy atom. The maximum Gasteiger partial charge on any atom is 0.419 e. The number of benzene rings is 2. The second-order valence-electron chi connectivity index (χ2n) is 8.26. The topological polar surface area (TPSA) is 85.4 Å². The number of pyridine rings is 1. The third-order valence-electron chi connectivity index (χ3n) is 6.30. The number of aryl methyl sites for hydroxylation is 1. The van der Waals surface area contributed by atoms with Crippen LogP contribution in [0.3, 0.4) is 0 Å². The van der Waals surface area contributed by atoms with Gasteiger partial charge in [0.25, 0.3) is 0 Å². The minimum atomic E-state index is -5.01. The lowest BCUT2D eigenvalue weighted by atomic mass is 9.68. The number of aromatic nitrogens is 1. The molecule has 1 unspecified atom stereocenters. The molecule has 1 aliphatic rings. The number of aliphatic hydroxyl groups is 1.